The van der Waals surface area contributed by atoms with Gasteiger partial charge in [0.15, 0.2) is 0 Å². The summed E-state index contributed by atoms with van der Waals surface area (Å²) in [4.78, 5) is 11.6. The third-order valence-electron chi connectivity index (χ3n) is 3.17. The van der Waals surface area contributed by atoms with E-state index in [1.165, 1.54) is 12.8 Å². The standard InChI is InChI=1S/C11H20O/c1-4-9-5-6-10(8(2)3)11(12)7-9/h8-10H,4-7H2,1-3H3. The maximum atomic E-state index is 11.6. The zero-order chi connectivity index (χ0) is 9.14. The molecule has 1 saturated carbocycles. The molecule has 0 heterocycles. The summed E-state index contributed by atoms with van der Waals surface area (Å²) in [6, 6.07) is 0. The van der Waals surface area contributed by atoms with Crippen molar-refractivity contribution in [2.24, 2.45) is 17.8 Å². The van der Waals surface area contributed by atoms with Gasteiger partial charge in [0.1, 0.15) is 5.78 Å². The number of hydrogen-bond donors (Lipinski definition) is 0. The quantitative estimate of drug-likeness (QED) is 0.619. The van der Waals surface area contributed by atoms with E-state index in [4.69, 9.17) is 0 Å². The number of ketones is 1. The summed E-state index contributed by atoms with van der Waals surface area (Å²) in [6.45, 7) is 6.51. The number of hydrogen-bond acceptors (Lipinski definition) is 1. The first kappa shape index (κ1) is 9.76. The van der Waals surface area contributed by atoms with Crippen molar-refractivity contribution in [1.82, 2.24) is 0 Å². The first-order valence-electron chi connectivity index (χ1n) is 5.17. The minimum atomic E-state index is 0.368. The summed E-state index contributed by atoms with van der Waals surface area (Å²) < 4.78 is 0. The van der Waals surface area contributed by atoms with Crippen molar-refractivity contribution in [3.05, 3.63) is 0 Å². The minimum Gasteiger partial charge on any atom is -0.299 e. The fourth-order valence-electron chi connectivity index (χ4n) is 2.17. The van der Waals surface area contributed by atoms with Crippen LogP contribution < -0.4 is 0 Å². The second-order valence-electron chi connectivity index (χ2n) is 4.37. The van der Waals surface area contributed by atoms with Crippen molar-refractivity contribution >= 4 is 5.78 Å². The van der Waals surface area contributed by atoms with Crippen LogP contribution in [0, 0.1) is 17.8 Å². The predicted octanol–water partition coefficient (Wildman–Crippen LogP) is 3.04. The Morgan fingerprint density at radius 3 is 2.50 bits per heavy atom. The topological polar surface area (TPSA) is 17.1 Å². The lowest BCUT2D eigenvalue weighted by Crippen LogP contribution is -2.28. The molecule has 0 radical (unpaired) electrons. The van der Waals surface area contributed by atoms with Crippen molar-refractivity contribution in [3.8, 4) is 0 Å². The van der Waals surface area contributed by atoms with Crippen LogP contribution >= 0.6 is 0 Å². The molecule has 70 valence electrons. The molecule has 1 heteroatoms. The van der Waals surface area contributed by atoms with Gasteiger partial charge in [-0.05, 0) is 24.7 Å². The molecule has 2 atom stereocenters. The molecule has 0 aromatic carbocycles. The van der Waals surface area contributed by atoms with E-state index in [1.807, 2.05) is 0 Å². The Labute approximate surface area is 75.5 Å². The molecule has 1 fully saturated rings. The van der Waals surface area contributed by atoms with Crippen molar-refractivity contribution in [2.45, 2.75) is 46.5 Å². The predicted molar refractivity (Wildman–Crippen MR) is 51.0 cm³/mol. The monoisotopic (exact) mass is 168 g/mol. The van der Waals surface area contributed by atoms with Crippen LogP contribution in [0.15, 0.2) is 0 Å². The molecule has 0 aliphatic heterocycles. The summed E-state index contributed by atoms with van der Waals surface area (Å²) >= 11 is 0. The Hall–Kier alpha value is -0.330. The second-order valence-corrected chi connectivity index (χ2v) is 4.37. The van der Waals surface area contributed by atoms with Gasteiger partial charge in [-0.2, -0.15) is 0 Å². The van der Waals surface area contributed by atoms with Crippen LogP contribution in [0.25, 0.3) is 0 Å². The van der Waals surface area contributed by atoms with Crippen LogP contribution in [0.5, 0.6) is 0 Å². The van der Waals surface area contributed by atoms with Crippen LogP contribution in [0.3, 0.4) is 0 Å². The Morgan fingerprint density at radius 2 is 2.08 bits per heavy atom. The number of carbonyl (C=O) groups excluding carboxylic acids is 1. The highest BCUT2D eigenvalue weighted by Gasteiger charge is 2.29. The van der Waals surface area contributed by atoms with E-state index < -0.39 is 0 Å². The Morgan fingerprint density at radius 1 is 1.42 bits per heavy atom. The van der Waals surface area contributed by atoms with E-state index >= 15 is 0 Å². The summed E-state index contributed by atoms with van der Waals surface area (Å²) in [5, 5.41) is 0. The summed E-state index contributed by atoms with van der Waals surface area (Å²) in [7, 11) is 0. The maximum Gasteiger partial charge on any atom is 0.136 e. The van der Waals surface area contributed by atoms with Crippen molar-refractivity contribution in [1.29, 1.82) is 0 Å². The molecule has 1 nitrogen and oxygen atoms in total. The summed E-state index contributed by atoms with van der Waals surface area (Å²) in [5.74, 6) is 2.12. The lowest BCUT2D eigenvalue weighted by atomic mass is 9.75. The molecule has 1 aliphatic rings. The zero-order valence-corrected chi connectivity index (χ0v) is 8.47. The van der Waals surface area contributed by atoms with Crippen LogP contribution in [-0.4, -0.2) is 5.78 Å². The Bertz CT molecular complexity index is 160. The summed E-state index contributed by atoms with van der Waals surface area (Å²) in [6.07, 6.45) is 4.43. The SMILES string of the molecule is CCC1CCC(C(C)C)C(=O)C1. The molecule has 0 amide bonds. The molecule has 12 heavy (non-hydrogen) atoms. The number of rotatable bonds is 2. The van der Waals surface area contributed by atoms with Gasteiger partial charge in [0.25, 0.3) is 0 Å². The van der Waals surface area contributed by atoms with Crippen molar-refractivity contribution in [3.63, 3.8) is 0 Å². The molecular weight excluding hydrogens is 148 g/mol. The number of Topliss-reactive ketones (excluding diaryl/α,β-unsaturated/α-hetero) is 1. The van der Waals surface area contributed by atoms with E-state index in [0.29, 0.717) is 23.5 Å². The average molecular weight is 168 g/mol. The lowest BCUT2D eigenvalue weighted by molar-refractivity contribution is -0.127. The minimum absolute atomic E-state index is 0.368. The van der Waals surface area contributed by atoms with Crippen LogP contribution in [0.4, 0.5) is 0 Å². The van der Waals surface area contributed by atoms with E-state index in [0.717, 1.165) is 12.8 Å². The van der Waals surface area contributed by atoms with Gasteiger partial charge < -0.3 is 0 Å². The molecule has 0 bridgehead atoms. The second kappa shape index (κ2) is 4.06. The van der Waals surface area contributed by atoms with Crippen molar-refractivity contribution in [2.75, 3.05) is 0 Å². The molecule has 0 aromatic heterocycles. The first-order chi connectivity index (χ1) is 5.65. The highest BCUT2D eigenvalue weighted by atomic mass is 16.1. The number of carbonyl (C=O) groups is 1. The Balaban J connectivity index is 2.48. The highest BCUT2D eigenvalue weighted by molar-refractivity contribution is 5.82. The molecule has 2 unspecified atom stereocenters. The van der Waals surface area contributed by atoms with Gasteiger partial charge in [-0.15, -0.1) is 0 Å². The van der Waals surface area contributed by atoms with Gasteiger partial charge in [-0.3, -0.25) is 4.79 Å². The van der Waals surface area contributed by atoms with Gasteiger partial charge in [-0.25, -0.2) is 0 Å². The van der Waals surface area contributed by atoms with Gasteiger partial charge in [0.2, 0.25) is 0 Å². The summed E-state index contributed by atoms with van der Waals surface area (Å²) in [5.41, 5.74) is 0. The first-order valence-corrected chi connectivity index (χ1v) is 5.17. The smallest absolute Gasteiger partial charge is 0.136 e. The molecular formula is C11H20O. The van der Waals surface area contributed by atoms with Crippen LogP contribution in [0.1, 0.15) is 46.5 Å². The third kappa shape index (κ3) is 2.09. The van der Waals surface area contributed by atoms with E-state index in [9.17, 15) is 4.79 Å². The molecule has 1 aliphatic carbocycles. The van der Waals surface area contributed by atoms with Gasteiger partial charge in [-0.1, -0.05) is 27.2 Å². The fraction of sp³-hybridized carbons (Fsp3) is 0.909. The normalized spacial score (nSPS) is 31.2. The molecule has 0 aromatic rings. The zero-order valence-electron chi connectivity index (χ0n) is 8.47. The van der Waals surface area contributed by atoms with Crippen LogP contribution in [0.2, 0.25) is 0 Å². The largest absolute Gasteiger partial charge is 0.299 e. The molecule has 0 saturated heterocycles. The lowest BCUT2D eigenvalue weighted by Gasteiger charge is -2.28. The van der Waals surface area contributed by atoms with E-state index in [1.54, 1.807) is 0 Å². The van der Waals surface area contributed by atoms with Gasteiger partial charge >= 0.3 is 0 Å². The maximum absolute atomic E-state index is 11.6. The molecule has 0 N–H and O–H groups in total. The van der Waals surface area contributed by atoms with Crippen LogP contribution in [-0.2, 0) is 4.79 Å². The van der Waals surface area contributed by atoms with Crippen molar-refractivity contribution < 1.29 is 4.79 Å². The molecule has 1 rings (SSSR count). The molecule has 0 spiro atoms. The Kier molecular flexibility index (Phi) is 3.30. The van der Waals surface area contributed by atoms with Gasteiger partial charge in [0.05, 0.1) is 0 Å². The highest BCUT2D eigenvalue weighted by Crippen LogP contribution is 2.31. The fourth-order valence-corrected chi connectivity index (χ4v) is 2.17. The average Bonchev–Trinajstić information content (AvgIpc) is 2.03. The van der Waals surface area contributed by atoms with E-state index in [-0.39, 0.29) is 0 Å². The van der Waals surface area contributed by atoms with E-state index in [2.05, 4.69) is 20.8 Å². The van der Waals surface area contributed by atoms with Gasteiger partial charge in [0, 0.05) is 12.3 Å². The third-order valence-corrected chi connectivity index (χ3v) is 3.17.